The maximum absolute atomic E-state index is 12.0. The Morgan fingerprint density at radius 2 is 1.94 bits per heavy atom. The second kappa shape index (κ2) is 6.06. The zero-order valence-corrected chi connectivity index (χ0v) is 10.1. The first-order valence-corrected chi connectivity index (χ1v) is 5.57. The van der Waals surface area contributed by atoms with E-state index in [-0.39, 0.29) is 13.1 Å². The molecule has 0 amide bonds. The summed E-state index contributed by atoms with van der Waals surface area (Å²) in [6, 6.07) is 6.77. The number of aliphatic hydroxyl groups is 1. The Morgan fingerprint density at radius 3 is 2.50 bits per heavy atom. The van der Waals surface area contributed by atoms with Gasteiger partial charge in [-0.2, -0.15) is 13.2 Å². The van der Waals surface area contributed by atoms with Crippen molar-refractivity contribution in [2.45, 2.75) is 18.7 Å². The third kappa shape index (κ3) is 4.93. The Kier molecular flexibility index (Phi) is 4.98. The highest BCUT2D eigenvalue weighted by Gasteiger charge is 2.27. The van der Waals surface area contributed by atoms with E-state index in [1.54, 1.807) is 24.3 Å². The molecule has 0 bridgehead atoms. The number of alkyl halides is 3. The smallest absolute Gasteiger partial charge is 0.390 e. The molecule has 0 aliphatic heterocycles. The summed E-state index contributed by atoms with van der Waals surface area (Å²) in [6.45, 7) is -0.0302. The lowest BCUT2D eigenvalue weighted by atomic mass is 10.1. The van der Waals surface area contributed by atoms with Crippen molar-refractivity contribution in [3.8, 4) is 0 Å². The molecule has 18 heavy (non-hydrogen) atoms. The van der Waals surface area contributed by atoms with E-state index in [1.165, 1.54) is 11.9 Å². The second-order valence-electron chi connectivity index (χ2n) is 4.27. The van der Waals surface area contributed by atoms with E-state index >= 15 is 0 Å². The summed E-state index contributed by atoms with van der Waals surface area (Å²) in [5, 5.41) is 9.90. The number of nitrogens with zero attached hydrogens (tertiary/aromatic N) is 1. The van der Waals surface area contributed by atoms with E-state index in [2.05, 4.69) is 0 Å². The van der Waals surface area contributed by atoms with E-state index < -0.39 is 18.7 Å². The molecule has 1 rings (SSSR count). The van der Waals surface area contributed by atoms with Gasteiger partial charge in [0, 0.05) is 24.3 Å². The summed E-state index contributed by atoms with van der Waals surface area (Å²) in [6.07, 6.45) is -5.95. The summed E-state index contributed by atoms with van der Waals surface area (Å²) in [7, 11) is 1.54. The van der Waals surface area contributed by atoms with E-state index in [0.717, 1.165) is 0 Å². The van der Waals surface area contributed by atoms with E-state index in [4.69, 9.17) is 5.73 Å². The Hall–Kier alpha value is -1.27. The first-order chi connectivity index (χ1) is 8.29. The minimum atomic E-state index is -4.18. The number of nitrogens with two attached hydrogens (primary N) is 1. The molecule has 0 aromatic heterocycles. The minimum absolute atomic E-state index is 0.115. The van der Waals surface area contributed by atoms with Gasteiger partial charge in [-0.25, -0.2) is 0 Å². The highest BCUT2D eigenvalue weighted by Crippen LogP contribution is 2.22. The zero-order chi connectivity index (χ0) is 13.8. The number of halogens is 3. The largest absolute Gasteiger partial charge is 0.398 e. The van der Waals surface area contributed by atoms with Crippen molar-refractivity contribution in [3.63, 3.8) is 0 Å². The zero-order valence-electron chi connectivity index (χ0n) is 10.1. The number of para-hydroxylation sites is 1. The third-order valence-corrected chi connectivity index (χ3v) is 2.62. The average Bonchev–Trinajstić information content (AvgIpc) is 2.26. The van der Waals surface area contributed by atoms with Crippen molar-refractivity contribution < 1.29 is 18.3 Å². The number of aliphatic hydroxyl groups excluding tert-OH is 1. The third-order valence-electron chi connectivity index (χ3n) is 2.62. The van der Waals surface area contributed by atoms with Crippen molar-refractivity contribution in [1.29, 1.82) is 0 Å². The van der Waals surface area contributed by atoms with Gasteiger partial charge in [0.05, 0.1) is 12.5 Å². The maximum atomic E-state index is 12.0. The molecule has 0 heterocycles. The number of benzene rings is 1. The molecule has 0 fully saturated rings. The Labute approximate surface area is 104 Å². The van der Waals surface area contributed by atoms with Gasteiger partial charge in [0.1, 0.15) is 0 Å². The summed E-state index contributed by atoms with van der Waals surface area (Å²) < 4.78 is 36.1. The van der Waals surface area contributed by atoms with Crippen molar-refractivity contribution in [3.05, 3.63) is 29.8 Å². The lowest BCUT2D eigenvalue weighted by Gasteiger charge is -2.22. The molecule has 0 aliphatic carbocycles. The van der Waals surface area contributed by atoms with Crippen LogP contribution in [0.3, 0.4) is 0 Å². The maximum Gasteiger partial charge on any atom is 0.390 e. The number of rotatable bonds is 5. The quantitative estimate of drug-likeness (QED) is 0.800. The topological polar surface area (TPSA) is 49.5 Å². The molecule has 1 atom stereocenters. The summed E-state index contributed by atoms with van der Waals surface area (Å²) in [4.78, 5) is 1.44. The van der Waals surface area contributed by atoms with Crippen molar-refractivity contribution >= 4 is 5.69 Å². The lowest BCUT2D eigenvalue weighted by molar-refractivity contribution is -0.137. The van der Waals surface area contributed by atoms with Gasteiger partial charge in [-0.3, -0.25) is 0 Å². The average molecular weight is 262 g/mol. The van der Waals surface area contributed by atoms with Gasteiger partial charge in [0.25, 0.3) is 0 Å². The molecule has 6 heteroatoms. The van der Waals surface area contributed by atoms with Crippen LogP contribution in [0.1, 0.15) is 18.1 Å². The fourth-order valence-electron chi connectivity index (χ4n) is 1.62. The highest BCUT2D eigenvalue weighted by molar-refractivity contribution is 5.47. The SMILES string of the molecule is CN(CCC(F)(F)F)CC(O)c1ccccc1N. The van der Waals surface area contributed by atoms with Gasteiger partial charge >= 0.3 is 6.18 Å². The number of nitrogen functional groups attached to an aromatic ring is 1. The van der Waals surface area contributed by atoms with E-state index in [9.17, 15) is 18.3 Å². The van der Waals surface area contributed by atoms with Crippen molar-refractivity contribution in [2.24, 2.45) is 0 Å². The van der Waals surface area contributed by atoms with Gasteiger partial charge in [-0.1, -0.05) is 18.2 Å². The van der Waals surface area contributed by atoms with Gasteiger partial charge in [0.2, 0.25) is 0 Å². The molecule has 1 aromatic rings. The van der Waals surface area contributed by atoms with Crippen LogP contribution >= 0.6 is 0 Å². The normalized spacial score (nSPS) is 13.9. The molecule has 0 aliphatic rings. The number of hydrogen-bond acceptors (Lipinski definition) is 3. The first-order valence-electron chi connectivity index (χ1n) is 5.57. The van der Waals surface area contributed by atoms with Crippen LogP contribution in [0, 0.1) is 0 Å². The lowest BCUT2D eigenvalue weighted by Crippen LogP contribution is -2.29. The molecule has 1 aromatic carbocycles. The second-order valence-corrected chi connectivity index (χ2v) is 4.27. The van der Waals surface area contributed by atoms with E-state index in [0.29, 0.717) is 11.3 Å². The van der Waals surface area contributed by atoms with Gasteiger partial charge in [0.15, 0.2) is 0 Å². The van der Waals surface area contributed by atoms with Crippen LogP contribution in [0.25, 0.3) is 0 Å². The molecule has 0 spiro atoms. The number of likely N-dealkylation sites (N-methyl/N-ethyl adjacent to an activating group) is 1. The summed E-state index contributed by atoms with van der Waals surface area (Å²) in [5.41, 5.74) is 6.66. The fourth-order valence-corrected chi connectivity index (χ4v) is 1.62. The Morgan fingerprint density at radius 1 is 1.33 bits per heavy atom. The fraction of sp³-hybridized carbons (Fsp3) is 0.500. The number of hydrogen-bond donors (Lipinski definition) is 2. The molecule has 3 N–H and O–H groups in total. The molecule has 0 saturated carbocycles. The van der Waals surface area contributed by atoms with Crippen LogP contribution in [0.5, 0.6) is 0 Å². The standard InChI is InChI=1S/C12H17F3N2O/c1-17(7-6-12(13,14)15)8-11(18)9-4-2-3-5-10(9)16/h2-5,11,18H,6-8,16H2,1H3. The van der Waals surface area contributed by atoms with Crippen LogP contribution < -0.4 is 5.73 Å². The summed E-state index contributed by atoms with van der Waals surface area (Å²) >= 11 is 0. The van der Waals surface area contributed by atoms with Gasteiger partial charge in [-0.05, 0) is 13.1 Å². The molecular weight excluding hydrogens is 245 g/mol. The van der Waals surface area contributed by atoms with Gasteiger partial charge in [-0.15, -0.1) is 0 Å². The molecule has 0 saturated heterocycles. The molecule has 102 valence electrons. The van der Waals surface area contributed by atoms with Crippen LogP contribution in [0.15, 0.2) is 24.3 Å². The van der Waals surface area contributed by atoms with Gasteiger partial charge < -0.3 is 15.7 Å². The Bertz CT molecular complexity index is 382. The molecule has 1 unspecified atom stereocenters. The van der Waals surface area contributed by atoms with Crippen LogP contribution in [0.2, 0.25) is 0 Å². The van der Waals surface area contributed by atoms with Crippen molar-refractivity contribution in [1.82, 2.24) is 4.90 Å². The highest BCUT2D eigenvalue weighted by atomic mass is 19.4. The van der Waals surface area contributed by atoms with Crippen LogP contribution in [-0.2, 0) is 0 Å². The number of anilines is 1. The minimum Gasteiger partial charge on any atom is -0.398 e. The molecule has 3 nitrogen and oxygen atoms in total. The molecule has 0 radical (unpaired) electrons. The van der Waals surface area contributed by atoms with Crippen LogP contribution in [0.4, 0.5) is 18.9 Å². The predicted octanol–water partition coefficient (Wildman–Crippen LogP) is 2.19. The summed E-state index contributed by atoms with van der Waals surface area (Å²) in [5.74, 6) is 0. The van der Waals surface area contributed by atoms with Crippen molar-refractivity contribution in [2.75, 3.05) is 25.9 Å². The molecular formula is C12H17F3N2O. The predicted molar refractivity (Wildman–Crippen MR) is 64.0 cm³/mol. The van der Waals surface area contributed by atoms with E-state index in [1.807, 2.05) is 0 Å². The van der Waals surface area contributed by atoms with Crippen LogP contribution in [-0.4, -0.2) is 36.3 Å². The monoisotopic (exact) mass is 262 g/mol. The first kappa shape index (κ1) is 14.8. The Balaban J connectivity index is 2.50.